The van der Waals surface area contributed by atoms with Crippen LogP contribution in [0, 0.1) is 0 Å². The molecule has 0 spiro atoms. The number of hydrogen-bond donors (Lipinski definition) is 1. The summed E-state index contributed by atoms with van der Waals surface area (Å²) in [5, 5.41) is 4.24. The van der Waals surface area contributed by atoms with Crippen LogP contribution >= 0.6 is 11.6 Å². The maximum atomic E-state index is 6.02. The number of benzene rings is 2. The van der Waals surface area contributed by atoms with Gasteiger partial charge in [0.1, 0.15) is 5.75 Å². The van der Waals surface area contributed by atoms with Crippen LogP contribution in [0.2, 0.25) is 5.02 Å². The van der Waals surface area contributed by atoms with Gasteiger partial charge in [-0.1, -0.05) is 41.9 Å². The highest BCUT2D eigenvalue weighted by molar-refractivity contribution is 6.30. The summed E-state index contributed by atoms with van der Waals surface area (Å²) in [6, 6.07) is 16.8. The van der Waals surface area contributed by atoms with Gasteiger partial charge in [-0.25, -0.2) is 0 Å². The van der Waals surface area contributed by atoms with E-state index < -0.39 is 0 Å². The Morgan fingerprint density at radius 3 is 2.57 bits per heavy atom. The topological polar surface area (TPSA) is 21.3 Å². The van der Waals surface area contributed by atoms with Crippen molar-refractivity contribution in [1.29, 1.82) is 0 Å². The van der Waals surface area contributed by atoms with Crippen molar-refractivity contribution in [2.75, 3.05) is 19.7 Å². The molecule has 1 N–H and O–H groups in total. The molecule has 4 rings (SSSR count). The molecule has 2 aliphatic rings. The van der Waals surface area contributed by atoms with E-state index in [2.05, 4.69) is 35.6 Å². The number of nitrogens with one attached hydrogen (secondary N) is 1. The van der Waals surface area contributed by atoms with Crippen molar-refractivity contribution in [3.63, 3.8) is 0 Å². The summed E-state index contributed by atoms with van der Waals surface area (Å²) in [4.78, 5) is 0. The van der Waals surface area contributed by atoms with E-state index in [0.29, 0.717) is 5.92 Å². The minimum absolute atomic E-state index is 0.218. The van der Waals surface area contributed by atoms with Gasteiger partial charge in [-0.15, -0.1) is 0 Å². The SMILES string of the molecule is Clc1ccc(C2(CC3COc4ccccc43)CNC2)cc1. The minimum atomic E-state index is 0.218. The third-order valence-corrected chi connectivity index (χ3v) is 5.07. The van der Waals surface area contributed by atoms with E-state index in [1.807, 2.05) is 18.2 Å². The fourth-order valence-corrected chi connectivity index (χ4v) is 3.69. The van der Waals surface area contributed by atoms with Crippen LogP contribution in [0.15, 0.2) is 48.5 Å². The van der Waals surface area contributed by atoms with Gasteiger partial charge in [-0.2, -0.15) is 0 Å². The lowest BCUT2D eigenvalue weighted by molar-refractivity contribution is 0.221. The first-order valence-corrected chi connectivity index (χ1v) is 7.83. The van der Waals surface area contributed by atoms with Crippen LogP contribution in [-0.2, 0) is 5.41 Å². The van der Waals surface area contributed by atoms with Crippen LogP contribution in [0.1, 0.15) is 23.5 Å². The fourth-order valence-electron chi connectivity index (χ4n) is 3.57. The van der Waals surface area contributed by atoms with Gasteiger partial charge < -0.3 is 10.1 Å². The van der Waals surface area contributed by atoms with Crippen LogP contribution in [-0.4, -0.2) is 19.7 Å². The lowest BCUT2D eigenvalue weighted by Crippen LogP contribution is -2.57. The standard InChI is InChI=1S/C18H18ClNO/c19-15-7-5-14(6-8-15)18(11-20-12-18)9-13-10-21-17-4-2-1-3-16(13)17/h1-8,13,20H,9-12H2. The molecule has 2 nitrogen and oxygen atoms in total. The van der Waals surface area contributed by atoms with Crippen molar-refractivity contribution in [2.45, 2.75) is 17.8 Å². The monoisotopic (exact) mass is 299 g/mol. The summed E-state index contributed by atoms with van der Waals surface area (Å²) in [5.41, 5.74) is 2.96. The van der Waals surface area contributed by atoms with Crippen LogP contribution < -0.4 is 10.1 Å². The maximum Gasteiger partial charge on any atom is 0.122 e. The molecule has 2 aromatic rings. The molecule has 0 aliphatic carbocycles. The molecule has 0 bridgehead atoms. The molecule has 1 fully saturated rings. The van der Waals surface area contributed by atoms with E-state index in [1.54, 1.807) is 0 Å². The Balaban J connectivity index is 1.62. The predicted octanol–water partition coefficient (Wildman–Crippen LogP) is 3.75. The van der Waals surface area contributed by atoms with Crippen LogP contribution in [0.5, 0.6) is 5.75 Å². The number of ether oxygens (including phenoxy) is 1. The molecule has 2 aliphatic heterocycles. The van der Waals surface area contributed by atoms with Crippen LogP contribution in [0.4, 0.5) is 0 Å². The first-order chi connectivity index (χ1) is 10.3. The molecule has 1 unspecified atom stereocenters. The molecule has 0 saturated carbocycles. The highest BCUT2D eigenvalue weighted by Gasteiger charge is 2.42. The number of halogens is 1. The average Bonchev–Trinajstić information content (AvgIpc) is 2.87. The predicted molar refractivity (Wildman–Crippen MR) is 85.3 cm³/mol. The summed E-state index contributed by atoms with van der Waals surface area (Å²) < 4.78 is 5.84. The van der Waals surface area contributed by atoms with Gasteiger partial charge in [0, 0.05) is 35.0 Å². The molecule has 0 amide bonds. The lowest BCUT2D eigenvalue weighted by atomic mass is 9.69. The Labute approximate surface area is 130 Å². The largest absolute Gasteiger partial charge is 0.493 e. The summed E-state index contributed by atoms with van der Waals surface area (Å²) in [6.07, 6.45) is 1.12. The Morgan fingerprint density at radius 2 is 1.86 bits per heavy atom. The summed E-state index contributed by atoms with van der Waals surface area (Å²) in [6.45, 7) is 2.87. The Morgan fingerprint density at radius 1 is 1.10 bits per heavy atom. The lowest BCUT2D eigenvalue weighted by Gasteiger charge is -2.44. The van der Waals surface area contributed by atoms with Crippen molar-refractivity contribution in [2.24, 2.45) is 0 Å². The van der Waals surface area contributed by atoms with Crippen molar-refractivity contribution < 1.29 is 4.74 Å². The highest BCUT2D eigenvalue weighted by atomic mass is 35.5. The molecule has 2 heterocycles. The molecule has 0 radical (unpaired) electrons. The van der Waals surface area contributed by atoms with Gasteiger partial charge in [0.2, 0.25) is 0 Å². The second-order valence-corrected chi connectivity index (χ2v) is 6.58. The van der Waals surface area contributed by atoms with E-state index in [1.165, 1.54) is 11.1 Å². The Kier molecular flexibility index (Phi) is 3.16. The quantitative estimate of drug-likeness (QED) is 0.932. The van der Waals surface area contributed by atoms with Gasteiger partial charge in [-0.05, 0) is 30.2 Å². The molecule has 1 saturated heterocycles. The smallest absolute Gasteiger partial charge is 0.122 e. The highest BCUT2D eigenvalue weighted by Crippen LogP contribution is 2.43. The zero-order valence-corrected chi connectivity index (χ0v) is 12.6. The average molecular weight is 300 g/mol. The molecule has 2 aromatic carbocycles. The third kappa shape index (κ3) is 2.23. The first kappa shape index (κ1) is 13.2. The van der Waals surface area contributed by atoms with Crippen LogP contribution in [0.3, 0.4) is 0 Å². The zero-order valence-electron chi connectivity index (χ0n) is 11.8. The van der Waals surface area contributed by atoms with Crippen LogP contribution in [0.25, 0.3) is 0 Å². The second-order valence-electron chi connectivity index (χ2n) is 6.14. The van der Waals surface area contributed by atoms with Gasteiger partial charge in [-0.3, -0.25) is 0 Å². The third-order valence-electron chi connectivity index (χ3n) is 4.82. The van der Waals surface area contributed by atoms with Gasteiger partial charge in [0.25, 0.3) is 0 Å². The van der Waals surface area contributed by atoms with E-state index in [-0.39, 0.29) is 5.41 Å². The molecular weight excluding hydrogens is 282 g/mol. The minimum Gasteiger partial charge on any atom is -0.493 e. The van der Waals surface area contributed by atoms with Crippen molar-refractivity contribution >= 4 is 11.6 Å². The number of para-hydroxylation sites is 1. The van der Waals surface area contributed by atoms with Crippen molar-refractivity contribution in [1.82, 2.24) is 5.32 Å². The van der Waals surface area contributed by atoms with E-state index >= 15 is 0 Å². The summed E-state index contributed by atoms with van der Waals surface area (Å²) >= 11 is 6.02. The van der Waals surface area contributed by atoms with E-state index in [0.717, 1.165) is 36.9 Å². The molecular formula is C18H18ClNO. The van der Waals surface area contributed by atoms with E-state index in [4.69, 9.17) is 16.3 Å². The fraction of sp³-hybridized carbons (Fsp3) is 0.333. The molecule has 21 heavy (non-hydrogen) atoms. The second kappa shape index (κ2) is 5.04. The number of fused-ring (bicyclic) bond motifs is 1. The zero-order chi connectivity index (χ0) is 14.3. The normalized spacial score (nSPS) is 22.2. The number of rotatable bonds is 3. The molecule has 3 heteroatoms. The van der Waals surface area contributed by atoms with Gasteiger partial charge in [0.15, 0.2) is 0 Å². The molecule has 1 atom stereocenters. The van der Waals surface area contributed by atoms with Gasteiger partial charge >= 0.3 is 0 Å². The van der Waals surface area contributed by atoms with Gasteiger partial charge in [0.05, 0.1) is 6.61 Å². The Bertz CT molecular complexity index is 649. The maximum absolute atomic E-state index is 6.02. The summed E-state index contributed by atoms with van der Waals surface area (Å²) in [5.74, 6) is 1.54. The molecule has 108 valence electrons. The molecule has 0 aromatic heterocycles. The first-order valence-electron chi connectivity index (χ1n) is 7.45. The van der Waals surface area contributed by atoms with Crippen molar-refractivity contribution in [3.05, 3.63) is 64.7 Å². The number of hydrogen-bond acceptors (Lipinski definition) is 2. The van der Waals surface area contributed by atoms with Crippen molar-refractivity contribution in [3.8, 4) is 5.75 Å². The van der Waals surface area contributed by atoms with E-state index in [9.17, 15) is 0 Å². The Hall–Kier alpha value is -1.51. The summed E-state index contributed by atoms with van der Waals surface area (Å²) in [7, 11) is 0.